The third-order valence-corrected chi connectivity index (χ3v) is 2.81. The van der Waals surface area contributed by atoms with Crippen LogP contribution in [0.15, 0.2) is 23.3 Å². The molecule has 2 aliphatic rings. The minimum atomic E-state index is -0.169. The molecular weight excluding hydrogens is 164 g/mol. The first-order valence-electron chi connectivity index (χ1n) is 4.60. The molecule has 1 heterocycles. The SMILES string of the molecule is CC1=CC2=CCC(C)(C)C2OC1=O. The maximum Gasteiger partial charge on any atom is 0.334 e. The van der Waals surface area contributed by atoms with Gasteiger partial charge in [-0.25, -0.2) is 4.79 Å². The highest BCUT2D eigenvalue weighted by Crippen LogP contribution is 2.42. The highest BCUT2D eigenvalue weighted by molar-refractivity contribution is 5.90. The molecule has 0 aromatic heterocycles. The minimum absolute atomic E-state index is 0.0244. The monoisotopic (exact) mass is 178 g/mol. The average Bonchev–Trinajstić information content (AvgIpc) is 2.31. The van der Waals surface area contributed by atoms with Crippen LogP contribution in [-0.4, -0.2) is 12.1 Å². The lowest BCUT2D eigenvalue weighted by atomic mass is 9.85. The predicted molar refractivity (Wildman–Crippen MR) is 50.1 cm³/mol. The summed E-state index contributed by atoms with van der Waals surface area (Å²) in [7, 11) is 0. The molecule has 0 saturated carbocycles. The largest absolute Gasteiger partial charge is 0.454 e. The first-order chi connectivity index (χ1) is 6.00. The molecule has 0 aromatic rings. The molecule has 1 atom stereocenters. The molecule has 0 bridgehead atoms. The molecule has 1 unspecified atom stereocenters. The van der Waals surface area contributed by atoms with Gasteiger partial charge in [-0.3, -0.25) is 0 Å². The molecule has 0 radical (unpaired) electrons. The summed E-state index contributed by atoms with van der Waals surface area (Å²) in [6, 6.07) is 0. The zero-order valence-electron chi connectivity index (χ0n) is 8.26. The van der Waals surface area contributed by atoms with Crippen LogP contribution < -0.4 is 0 Å². The fraction of sp³-hybridized carbons (Fsp3) is 0.545. The van der Waals surface area contributed by atoms with E-state index in [0.29, 0.717) is 5.57 Å². The van der Waals surface area contributed by atoms with Crippen molar-refractivity contribution in [1.82, 2.24) is 0 Å². The Morgan fingerprint density at radius 3 is 2.92 bits per heavy atom. The van der Waals surface area contributed by atoms with E-state index < -0.39 is 0 Å². The first-order valence-corrected chi connectivity index (χ1v) is 4.60. The molecule has 0 N–H and O–H groups in total. The van der Waals surface area contributed by atoms with Crippen LogP contribution in [0.25, 0.3) is 0 Å². The van der Waals surface area contributed by atoms with Crippen LogP contribution in [0.1, 0.15) is 27.2 Å². The number of rotatable bonds is 0. The Morgan fingerprint density at radius 1 is 1.54 bits per heavy atom. The highest BCUT2D eigenvalue weighted by atomic mass is 16.5. The van der Waals surface area contributed by atoms with E-state index in [0.717, 1.165) is 6.42 Å². The molecule has 1 aliphatic carbocycles. The molecule has 2 rings (SSSR count). The van der Waals surface area contributed by atoms with Crippen molar-refractivity contribution in [2.24, 2.45) is 5.41 Å². The molecule has 13 heavy (non-hydrogen) atoms. The molecule has 0 fully saturated rings. The van der Waals surface area contributed by atoms with E-state index in [9.17, 15) is 4.79 Å². The second-order valence-corrected chi connectivity index (χ2v) is 4.51. The lowest BCUT2D eigenvalue weighted by Gasteiger charge is -2.31. The molecule has 0 amide bonds. The normalized spacial score (nSPS) is 30.4. The second-order valence-electron chi connectivity index (χ2n) is 4.51. The van der Waals surface area contributed by atoms with Crippen molar-refractivity contribution in [2.75, 3.05) is 0 Å². The summed E-state index contributed by atoms with van der Waals surface area (Å²) in [5.41, 5.74) is 1.95. The van der Waals surface area contributed by atoms with Gasteiger partial charge in [-0.05, 0) is 25.0 Å². The Hall–Kier alpha value is -1.05. The lowest BCUT2D eigenvalue weighted by Crippen LogP contribution is -2.33. The third kappa shape index (κ3) is 1.21. The number of hydrogen-bond acceptors (Lipinski definition) is 2. The van der Waals surface area contributed by atoms with Gasteiger partial charge in [0.2, 0.25) is 0 Å². The van der Waals surface area contributed by atoms with E-state index >= 15 is 0 Å². The molecule has 0 aromatic carbocycles. The van der Waals surface area contributed by atoms with Gasteiger partial charge in [0.1, 0.15) is 6.10 Å². The Bertz CT molecular complexity index is 321. The molecule has 0 saturated heterocycles. The Labute approximate surface area is 78.3 Å². The Morgan fingerprint density at radius 2 is 2.23 bits per heavy atom. The van der Waals surface area contributed by atoms with Crippen LogP contribution in [0.4, 0.5) is 0 Å². The standard InChI is InChI=1S/C11H14O2/c1-7-6-8-4-5-11(2,3)9(8)13-10(7)12/h4,6,9H,5H2,1-3H3. The van der Waals surface area contributed by atoms with Gasteiger partial charge in [0.15, 0.2) is 0 Å². The second kappa shape index (κ2) is 2.47. The van der Waals surface area contributed by atoms with E-state index in [1.54, 1.807) is 6.92 Å². The summed E-state index contributed by atoms with van der Waals surface area (Å²) < 4.78 is 5.36. The highest BCUT2D eigenvalue weighted by Gasteiger charge is 2.40. The smallest absolute Gasteiger partial charge is 0.334 e. The van der Waals surface area contributed by atoms with Gasteiger partial charge in [-0.1, -0.05) is 19.9 Å². The summed E-state index contributed by atoms with van der Waals surface area (Å²) in [6.45, 7) is 6.05. The van der Waals surface area contributed by atoms with Crippen LogP contribution in [0.3, 0.4) is 0 Å². The Kier molecular flexibility index (Phi) is 1.62. The Balaban J connectivity index is 2.37. The first kappa shape index (κ1) is 8.54. The van der Waals surface area contributed by atoms with Crippen LogP contribution in [0.5, 0.6) is 0 Å². The molecule has 70 valence electrons. The summed E-state index contributed by atoms with van der Waals surface area (Å²) in [5.74, 6) is -0.169. The van der Waals surface area contributed by atoms with Gasteiger partial charge < -0.3 is 4.74 Å². The van der Waals surface area contributed by atoms with Gasteiger partial charge in [-0.2, -0.15) is 0 Å². The number of ether oxygens (including phenoxy) is 1. The summed E-state index contributed by atoms with van der Waals surface area (Å²) in [4.78, 5) is 11.3. The van der Waals surface area contributed by atoms with Crippen molar-refractivity contribution in [3.05, 3.63) is 23.3 Å². The number of carbonyl (C=O) groups excluding carboxylic acids is 1. The van der Waals surface area contributed by atoms with Crippen molar-refractivity contribution in [3.63, 3.8) is 0 Å². The quantitative estimate of drug-likeness (QED) is 0.531. The van der Waals surface area contributed by atoms with E-state index in [4.69, 9.17) is 4.74 Å². The summed E-state index contributed by atoms with van der Waals surface area (Å²) in [6.07, 6.45) is 5.08. The number of esters is 1. The maximum atomic E-state index is 11.3. The van der Waals surface area contributed by atoms with Crippen molar-refractivity contribution in [2.45, 2.75) is 33.3 Å². The topological polar surface area (TPSA) is 26.3 Å². The fourth-order valence-corrected chi connectivity index (χ4v) is 1.92. The lowest BCUT2D eigenvalue weighted by molar-refractivity contribution is -0.147. The molecule has 2 nitrogen and oxygen atoms in total. The van der Waals surface area contributed by atoms with Gasteiger partial charge in [0.25, 0.3) is 0 Å². The van der Waals surface area contributed by atoms with E-state index in [-0.39, 0.29) is 17.5 Å². The van der Waals surface area contributed by atoms with E-state index in [1.165, 1.54) is 5.57 Å². The van der Waals surface area contributed by atoms with Crippen molar-refractivity contribution in [3.8, 4) is 0 Å². The predicted octanol–water partition coefficient (Wildman–Crippen LogP) is 2.21. The molecule has 0 spiro atoms. The van der Waals surface area contributed by atoms with Gasteiger partial charge >= 0.3 is 5.97 Å². The van der Waals surface area contributed by atoms with E-state index in [1.807, 2.05) is 6.08 Å². The molecular formula is C11H14O2. The molecule has 2 heteroatoms. The van der Waals surface area contributed by atoms with Crippen LogP contribution in [-0.2, 0) is 9.53 Å². The van der Waals surface area contributed by atoms with Crippen LogP contribution in [0, 0.1) is 5.41 Å². The number of fused-ring (bicyclic) bond motifs is 1. The number of carbonyl (C=O) groups is 1. The zero-order chi connectivity index (χ0) is 9.64. The van der Waals surface area contributed by atoms with Gasteiger partial charge in [0.05, 0.1) is 0 Å². The van der Waals surface area contributed by atoms with Crippen molar-refractivity contribution in [1.29, 1.82) is 0 Å². The van der Waals surface area contributed by atoms with Gasteiger partial charge in [0, 0.05) is 11.0 Å². The number of allylic oxidation sites excluding steroid dienone is 1. The van der Waals surface area contributed by atoms with Crippen LogP contribution >= 0.6 is 0 Å². The van der Waals surface area contributed by atoms with E-state index in [2.05, 4.69) is 19.9 Å². The van der Waals surface area contributed by atoms with Crippen molar-refractivity contribution < 1.29 is 9.53 Å². The van der Waals surface area contributed by atoms with Gasteiger partial charge in [-0.15, -0.1) is 0 Å². The minimum Gasteiger partial charge on any atom is -0.454 e. The van der Waals surface area contributed by atoms with Crippen LogP contribution in [0.2, 0.25) is 0 Å². The zero-order valence-corrected chi connectivity index (χ0v) is 8.26. The number of hydrogen-bond donors (Lipinski definition) is 0. The summed E-state index contributed by atoms with van der Waals surface area (Å²) >= 11 is 0. The molecule has 1 aliphatic heterocycles. The maximum absolute atomic E-state index is 11.3. The third-order valence-electron chi connectivity index (χ3n) is 2.81. The average molecular weight is 178 g/mol. The van der Waals surface area contributed by atoms with Crippen molar-refractivity contribution >= 4 is 5.97 Å². The summed E-state index contributed by atoms with van der Waals surface area (Å²) in [5, 5.41) is 0. The fourth-order valence-electron chi connectivity index (χ4n) is 1.92.